The molecule has 26 heavy (non-hydrogen) atoms. The molecule has 0 spiro atoms. The van der Waals surface area contributed by atoms with Gasteiger partial charge in [0, 0.05) is 31.7 Å². The third-order valence-electron chi connectivity index (χ3n) is 4.90. The molecule has 0 N–H and O–H groups in total. The summed E-state index contributed by atoms with van der Waals surface area (Å²) >= 11 is 0. The van der Waals surface area contributed by atoms with E-state index in [1.54, 1.807) is 12.3 Å². The average Bonchev–Trinajstić information content (AvgIpc) is 3.20. The van der Waals surface area contributed by atoms with Crippen LogP contribution in [0.15, 0.2) is 79.5 Å². The van der Waals surface area contributed by atoms with E-state index in [1.807, 2.05) is 18.7 Å². The first-order valence-corrected chi connectivity index (χ1v) is 8.85. The standard InChI is InChI=1S/C22H21N3O/c26-15-3-12-25-13-10-19-4-1-2-5-21(19)22(25)20-8-6-18(7-9-20)16-24-14-11-23-17-24/h1-9,11-12,14-15,17,22H,10,13,16H2. The lowest BCUT2D eigenvalue weighted by atomic mass is 9.88. The number of carbonyl (C=O) groups is 1. The number of benzene rings is 2. The van der Waals surface area contributed by atoms with Gasteiger partial charge >= 0.3 is 0 Å². The Labute approximate surface area is 153 Å². The van der Waals surface area contributed by atoms with Crippen LogP contribution in [-0.4, -0.2) is 27.3 Å². The van der Waals surface area contributed by atoms with E-state index in [2.05, 4.69) is 63.0 Å². The summed E-state index contributed by atoms with van der Waals surface area (Å²) in [6.07, 6.45) is 10.9. The number of hydrogen-bond acceptors (Lipinski definition) is 3. The first-order valence-electron chi connectivity index (χ1n) is 8.85. The predicted octanol–water partition coefficient (Wildman–Crippen LogP) is 3.59. The van der Waals surface area contributed by atoms with Gasteiger partial charge in [0.1, 0.15) is 6.29 Å². The molecule has 0 fully saturated rings. The van der Waals surface area contributed by atoms with Gasteiger partial charge in [-0.05, 0) is 34.8 Å². The number of allylic oxidation sites excluding steroid dienone is 1. The minimum Gasteiger partial charge on any atom is -0.366 e. The maximum atomic E-state index is 10.8. The molecule has 0 bridgehead atoms. The largest absolute Gasteiger partial charge is 0.366 e. The molecule has 0 amide bonds. The summed E-state index contributed by atoms with van der Waals surface area (Å²) < 4.78 is 2.06. The van der Waals surface area contributed by atoms with Crippen LogP contribution in [0.5, 0.6) is 0 Å². The van der Waals surface area contributed by atoms with E-state index in [-0.39, 0.29) is 6.04 Å². The molecule has 4 nitrogen and oxygen atoms in total. The topological polar surface area (TPSA) is 38.1 Å². The zero-order valence-corrected chi connectivity index (χ0v) is 14.5. The maximum absolute atomic E-state index is 10.8. The van der Waals surface area contributed by atoms with Crippen LogP contribution in [0.2, 0.25) is 0 Å². The maximum Gasteiger partial charge on any atom is 0.144 e. The Morgan fingerprint density at radius 2 is 1.96 bits per heavy atom. The van der Waals surface area contributed by atoms with Crippen LogP contribution in [0.4, 0.5) is 0 Å². The van der Waals surface area contributed by atoms with E-state index in [0.717, 1.165) is 25.8 Å². The van der Waals surface area contributed by atoms with Gasteiger partial charge < -0.3 is 9.47 Å². The van der Waals surface area contributed by atoms with E-state index in [1.165, 1.54) is 22.3 Å². The smallest absolute Gasteiger partial charge is 0.144 e. The molecular formula is C22H21N3O. The van der Waals surface area contributed by atoms with Crippen molar-refractivity contribution in [2.24, 2.45) is 0 Å². The Balaban J connectivity index is 1.66. The van der Waals surface area contributed by atoms with Crippen LogP contribution >= 0.6 is 0 Å². The van der Waals surface area contributed by atoms with Gasteiger partial charge in [0.15, 0.2) is 0 Å². The Morgan fingerprint density at radius 3 is 2.73 bits per heavy atom. The van der Waals surface area contributed by atoms with Gasteiger partial charge in [-0.15, -0.1) is 0 Å². The van der Waals surface area contributed by atoms with Crippen molar-refractivity contribution in [2.75, 3.05) is 6.54 Å². The van der Waals surface area contributed by atoms with Gasteiger partial charge in [-0.25, -0.2) is 4.98 Å². The number of imidazole rings is 1. The van der Waals surface area contributed by atoms with Crippen molar-refractivity contribution in [1.29, 1.82) is 0 Å². The van der Waals surface area contributed by atoms with Gasteiger partial charge in [-0.2, -0.15) is 0 Å². The van der Waals surface area contributed by atoms with Crippen molar-refractivity contribution in [3.8, 4) is 0 Å². The van der Waals surface area contributed by atoms with E-state index in [4.69, 9.17) is 0 Å². The number of hydrogen-bond donors (Lipinski definition) is 0. The number of nitrogens with zero attached hydrogens (tertiary/aromatic N) is 3. The van der Waals surface area contributed by atoms with Crippen molar-refractivity contribution in [2.45, 2.75) is 19.0 Å². The molecule has 0 radical (unpaired) electrons. The Bertz CT molecular complexity index is 897. The summed E-state index contributed by atoms with van der Waals surface area (Å²) in [7, 11) is 0. The molecule has 0 saturated heterocycles. The van der Waals surface area contributed by atoms with Gasteiger partial charge in [0.25, 0.3) is 0 Å². The summed E-state index contributed by atoms with van der Waals surface area (Å²) in [4.78, 5) is 17.2. The van der Waals surface area contributed by atoms with Crippen LogP contribution in [0.25, 0.3) is 0 Å². The fourth-order valence-corrected chi connectivity index (χ4v) is 3.66. The van der Waals surface area contributed by atoms with E-state index in [9.17, 15) is 4.79 Å². The molecule has 1 aliphatic rings. The normalized spacial score (nSPS) is 16.6. The third kappa shape index (κ3) is 3.31. The monoisotopic (exact) mass is 343 g/mol. The van der Waals surface area contributed by atoms with E-state index >= 15 is 0 Å². The van der Waals surface area contributed by atoms with Crippen molar-refractivity contribution in [1.82, 2.24) is 14.5 Å². The minimum absolute atomic E-state index is 0.137. The second kappa shape index (κ2) is 7.40. The highest BCUT2D eigenvalue weighted by Crippen LogP contribution is 2.35. The first-order chi connectivity index (χ1) is 12.8. The first kappa shape index (κ1) is 16.3. The van der Waals surface area contributed by atoms with Gasteiger partial charge in [0.2, 0.25) is 0 Å². The molecule has 1 aromatic heterocycles. The number of carbonyl (C=O) groups excluding carboxylic acids is 1. The molecule has 1 unspecified atom stereocenters. The molecular weight excluding hydrogens is 322 g/mol. The lowest BCUT2D eigenvalue weighted by Crippen LogP contribution is -2.32. The molecule has 4 rings (SSSR count). The van der Waals surface area contributed by atoms with Gasteiger partial charge in [-0.1, -0.05) is 48.5 Å². The molecule has 2 aromatic carbocycles. The van der Waals surface area contributed by atoms with Crippen LogP contribution in [-0.2, 0) is 17.8 Å². The predicted molar refractivity (Wildman–Crippen MR) is 102 cm³/mol. The van der Waals surface area contributed by atoms with Crippen LogP contribution in [0, 0.1) is 0 Å². The van der Waals surface area contributed by atoms with Crippen molar-refractivity contribution in [3.05, 3.63) is 102 Å². The fraction of sp³-hybridized carbons (Fsp3) is 0.182. The molecule has 1 aliphatic heterocycles. The lowest BCUT2D eigenvalue weighted by Gasteiger charge is -2.37. The molecule has 0 aliphatic carbocycles. The van der Waals surface area contributed by atoms with Crippen molar-refractivity contribution >= 4 is 6.29 Å². The van der Waals surface area contributed by atoms with Crippen LogP contribution < -0.4 is 0 Å². The molecule has 0 saturated carbocycles. The second-order valence-corrected chi connectivity index (χ2v) is 6.54. The molecule has 130 valence electrons. The molecule has 2 heterocycles. The number of aromatic nitrogens is 2. The summed E-state index contributed by atoms with van der Waals surface area (Å²) in [5, 5.41) is 0. The van der Waals surface area contributed by atoms with Crippen molar-refractivity contribution < 1.29 is 4.79 Å². The highest BCUT2D eigenvalue weighted by Gasteiger charge is 2.26. The van der Waals surface area contributed by atoms with Crippen LogP contribution in [0.3, 0.4) is 0 Å². The van der Waals surface area contributed by atoms with Crippen molar-refractivity contribution in [3.63, 3.8) is 0 Å². The Kier molecular flexibility index (Phi) is 4.65. The second-order valence-electron chi connectivity index (χ2n) is 6.54. The van der Waals surface area contributed by atoms with Crippen LogP contribution in [0.1, 0.15) is 28.3 Å². The molecule has 3 aromatic rings. The van der Waals surface area contributed by atoms with Gasteiger partial charge in [-0.3, -0.25) is 4.79 Å². The van der Waals surface area contributed by atoms with Gasteiger partial charge in [0.05, 0.1) is 12.4 Å². The quantitative estimate of drug-likeness (QED) is 0.525. The summed E-state index contributed by atoms with van der Waals surface area (Å²) in [5.74, 6) is 0. The van der Waals surface area contributed by atoms with E-state index in [0.29, 0.717) is 0 Å². The zero-order valence-electron chi connectivity index (χ0n) is 14.5. The van der Waals surface area contributed by atoms with E-state index < -0.39 is 0 Å². The third-order valence-corrected chi connectivity index (χ3v) is 4.90. The highest BCUT2D eigenvalue weighted by atomic mass is 16.1. The summed E-state index contributed by atoms with van der Waals surface area (Å²) in [6, 6.07) is 17.5. The minimum atomic E-state index is 0.137. The molecule has 1 atom stereocenters. The average molecular weight is 343 g/mol. The summed E-state index contributed by atoms with van der Waals surface area (Å²) in [5.41, 5.74) is 5.18. The zero-order chi connectivity index (χ0) is 17.8. The molecule has 4 heteroatoms. The number of rotatable bonds is 5. The number of fused-ring (bicyclic) bond motifs is 1. The lowest BCUT2D eigenvalue weighted by molar-refractivity contribution is -0.104. The SMILES string of the molecule is O=CC=CN1CCc2ccccc2C1c1ccc(Cn2ccnc2)cc1. The highest BCUT2D eigenvalue weighted by molar-refractivity contribution is 5.64. The fourth-order valence-electron chi connectivity index (χ4n) is 3.66. The summed E-state index contributed by atoms with van der Waals surface area (Å²) in [6.45, 7) is 1.72. The Morgan fingerprint density at radius 1 is 1.12 bits per heavy atom. The Hall–Kier alpha value is -3.14. The number of aldehydes is 1.